The van der Waals surface area contributed by atoms with Crippen LogP contribution in [-0.2, 0) is 5.41 Å². The topological polar surface area (TPSA) is 0 Å². The first-order chi connectivity index (χ1) is 7.04. The molecule has 0 aromatic heterocycles. The minimum atomic E-state index is 0.317. The lowest BCUT2D eigenvalue weighted by atomic mass is 9.72. The molecule has 0 nitrogen and oxygen atoms in total. The van der Waals surface area contributed by atoms with Crippen LogP contribution >= 0.6 is 0 Å². The van der Waals surface area contributed by atoms with Gasteiger partial charge in [0.1, 0.15) is 0 Å². The van der Waals surface area contributed by atoms with Crippen molar-refractivity contribution < 1.29 is 0 Å². The molecule has 0 bridgehead atoms. The van der Waals surface area contributed by atoms with Crippen LogP contribution in [0.2, 0.25) is 0 Å². The van der Waals surface area contributed by atoms with Crippen LogP contribution in [0.1, 0.15) is 38.3 Å². The van der Waals surface area contributed by atoms with Crippen LogP contribution in [0, 0.1) is 12.8 Å². The Kier molecular flexibility index (Phi) is 2.46. The number of aryl methyl sites for hydroxylation is 1. The van der Waals surface area contributed by atoms with Crippen LogP contribution in [0.5, 0.6) is 0 Å². The molecule has 0 unspecified atom stereocenters. The molecule has 1 aliphatic carbocycles. The highest BCUT2D eigenvalue weighted by molar-refractivity contribution is 5.35. The second-order valence-corrected chi connectivity index (χ2v) is 5.16. The quantitative estimate of drug-likeness (QED) is 0.595. The number of hydrogen-bond donors (Lipinski definition) is 0. The molecule has 0 fully saturated rings. The van der Waals surface area contributed by atoms with Crippen molar-refractivity contribution in [2.24, 2.45) is 5.92 Å². The highest BCUT2D eigenvalue weighted by Gasteiger charge is 2.36. The highest BCUT2D eigenvalue weighted by Crippen LogP contribution is 2.44. The van der Waals surface area contributed by atoms with Crippen molar-refractivity contribution >= 4 is 0 Å². The second kappa shape index (κ2) is 3.52. The number of hydrogen-bond acceptors (Lipinski definition) is 0. The number of benzene rings is 1. The summed E-state index contributed by atoms with van der Waals surface area (Å²) in [6.45, 7) is 9.13. The normalized spacial score (nSPS) is 30.4. The van der Waals surface area contributed by atoms with Crippen LogP contribution in [0.25, 0.3) is 0 Å². The summed E-state index contributed by atoms with van der Waals surface area (Å²) in [6.07, 6.45) is 3.58. The Balaban J connectivity index is 2.35. The Labute approximate surface area is 93.0 Å². The average molecular weight is 200 g/mol. The zero-order chi connectivity index (χ0) is 11.1. The summed E-state index contributed by atoms with van der Waals surface area (Å²) in [6, 6.07) is 9.03. The Bertz CT molecular complexity index is 383. The van der Waals surface area contributed by atoms with Crippen LogP contribution in [-0.4, -0.2) is 0 Å². The van der Waals surface area contributed by atoms with Crippen molar-refractivity contribution in [3.05, 3.63) is 47.0 Å². The van der Waals surface area contributed by atoms with Gasteiger partial charge in [0, 0.05) is 5.41 Å². The summed E-state index contributed by atoms with van der Waals surface area (Å²) in [5, 5.41) is 0. The Hall–Kier alpha value is -1.04. The van der Waals surface area contributed by atoms with E-state index in [1.807, 2.05) is 0 Å². The monoisotopic (exact) mass is 200 g/mol. The van der Waals surface area contributed by atoms with E-state index in [1.54, 1.807) is 0 Å². The van der Waals surface area contributed by atoms with Crippen molar-refractivity contribution in [3.63, 3.8) is 0 Å². The Morgan fingerprint density at radius 3 is 2.20 bits per heavy atom. The van der Waals surface area contributed by atoms with Crippen LogP contribution < -0.4 is 0 Å². The van der Waals surface area contributed by atoms with Crippen molar-refractivity contribution in [2.75, 3.05) is 0 Å². The third-order valence-electron chi connectivity index (χ3n) is 4.20. The van der Waals surface area contributed by atoms with E-state index >= 15 is 0 Å². The van der Waals surface area contributed by atoms with Gasteiger partial charge in [-0.05, 0) is 31.7 Å². The van der Waals surface area contributed by atoms with E-state index in [-0.39, 0.29) is 0 Å². The highest BCUT2D eigenvalue weighted by atomic mass is 14.4. The minimum Gasteiger partial charge on any atom is -0.0844 e. The van der Waals surface area contributed by atoms with Crippen LogP contribution in [0.4, 0.5) is 0 Å². The molecule has 1 aromatic rings. The molecule has 2 atom stereocenters. The molecule has 0 saturated heterocycles. The summed E-state index contributed by atoms with van der Waals surface area (Å²) in [7, 11) is 0. The fourth-order valence-corrected chi connectivity index (χ4v) is 2.53. The Morgan fingerprint density at radius 1 is 1.13 bits per heavy atom. The zero-order valence-corrected chi connectivity index (χ0v) is 10.2. The molecule has 0 amide bonds. The molecule has 80 valence electrons. The summed E-state index contributed by atoms with van der Waals surface area (Å²) < 4.78 is 0. The lowest BCUT2D eigenvalue weighted by Gasteiger charge is -2.31. The molecule has 0 saturated carbocycles. The van der Waals surface area contributed by atoms with Gasteiger partial charge in [-0.2, -0.15) is 0 Å². The van der Waals surface area contributed by atoms with Crippen LogP contribution in [0.15, 0.2) is 35.9 Å². The van der Waals surface area contributed by atoms with E-state index < -0.39 is 0 Å². The number of allylic oxidation sites excluding steroid dienone is 2. The first-order valence-electron chi connectivity index (χ1n) is 5.78. The van der Waals surface area contributed by atoms with E-state index in [2.05, 4.69) is 58.0 Å². The third-order valence-corrected chi connectivity index (χ3v) is 4.20. The summed E-state index contributed by atoms with van der Waals surface area (Å²) in [5.41, 5.74) is 4.68. The fraction of sp³-hybridized carbons (Fsp3) is 0.467. The molecule has 1 aliphatic rings. The molecular weight excluding hydrogens is 180 g/mol. The molecule has 0 N–H and O–H groups in total. The van der Waals surface area contributed by atoms with E-state index in [0.29, 0.717) is 11.3 Å². The summed E-state index contributed by atoms with van der Waals surface area (Å²) in [4.78, 5) is 0. The van der Waals surface area contributed by atoms with Gasteiger partial charge in [-0.1, -0.05) is 55.3 Å². The van der Waals surface area contributed by atoms with Gasteiger partial charge in [-0.25, -0.2) is 0 Å². The van der Waals surface area contributed by atoms with E-state index in [0.717, 1.165) is 0 Å². The average Bonchev–Trinajstić information content (AvgIpc) is 2.48. The first kappa shape index (κ1) is 10.5. The maximum absolute atomic E-state index is 2.39. The minimum absolute atomic E-state index is 0.317. The molecule has 15 heavy (non-hydrogen) atoms. The predicted octanol–water partition coefficient (Wildman–Crippen LogP) is 4.24. The van der Waals surface area contributed by atoms with Crippen molar-refractivity contribution in [1.29, 1.82) is 0 Å². The smallest absolute Gasteiger partial charge is 0.00219 e. The van der Waals surface area contributed by atoms with Crippen molar-refractivity contribution in [2.45, 2.75) is 39.5 Å². The predicted molar refractivity (Wildman–Crippen MR) is 66.1 cm³/mol. The number of rotatable bonds is 1. The van der Waals surface area contributed by atoms with Gasteiger partial charge in [-0.15, -0.1) is 0 Å². The molecule has 1 aromatic carbocycles. The molecule has 0 heterocycles. The Morgan fingerprint density at radius 2 is 1.73 bits per heavy atom. The van der Waals surface area contributed by atoms with Gasteiger partial charge in [0.05, 0.1) is 0 Å². The lowest BCUT2D eigenvalue weighted by Crippen LogP contribution is -2.26. The summed E-state index contributed by atoms with van der Waals surface area (Å²) >= 11 is 0. The van der Waals surface area contributed by atoms with Crippen LogP contribution in [0.3, 0.4) is 0 Å². The van der Waals surface area contributed by atoms with Gasteiger partial charge in [-0.3, -0.25) is 0 Å². The molecule has 2 rings (SSSR count). The lowest BCUT2D eigenvalue weighted by molar-refractivity contribution is 0.389. The van der Waals surface area contributed by atoms with Gasteiger partial charge in [0.15, 0.2) is 0 Å². The second-order valence-electron chi connectivity index (χ2n) is 5.16. The van der Waals surface area contributed by atoms with Gasteiger partial charge < -0.3 is 0 Å². The standard InChI is InChI=1S/C15H20/c1-11-5-7-14(8-6-11)15(4)10-9-12(2)13(15)3/h5-9,13H,10H2,1-4H3/t13-,15+/m0/s1. The largest absolute Gasteiger partial charge is 0.0844 e. The van der Waals surface area contributed by atoms with Gasteiger partial charge in [0.2, 0.25) is 0 Å². The zero-order valence-electron chi connectivity index (χ0n) is 10.2. The molecule has 0 radical (unpaired) electrons. The maximum atomic E-state index is 2.39. The maximum Gasteiger partial charge on any atom is 0.00219 e. The van der Waals surface area contributed by atoms with Crippen molar-refractivity contribution in [1.82, 2.24) is 0 Å². The first-order valence-corrected chi connectivity index (χ1v) is 5.78. The van der Waals surface area contributed by atoms with E-state index in [1.165, 1.54) is 23.1 Å². The van der Waals surface area contributed by atoms with Crippen molar-refractivity contribution in [3.8, 4) is 0 Å². The van der Waals surface area contributed by atoms with E-state index in [9.17, 15) is 0 Å². The fourth-order valence-electron chi connectivity index (χ4n) is 2.53. The van der Waals surface area contributed by atoms with Gasteiger partial charge >= 0.3 is 0 Å². The SMILES string of the molecule is CC1=CC[C@@](C)(c2ccc(C)cc2)[C@H]1C. The summed E-state index contributed by atoms with van der Waals surface area (Å²) in [5.74, 6) is 0.667. The van der Waals surface area contributed by atoms with Gasteiger partial charge in [0.25, 0.3) is 0 Å². The molecular formula is C15H20. The van der Waals surface area contributed by atoms with E-state index in [4.69, 9.17) is 0 Å². The molecule has 0 heteroatoms. The molecule has 0 spiro atoms. The third kappa shape index (κ3) is 1.62. The molecule has 0 aliphatic heterocycles.